The van der Waals surface area contributed by atoms with Crippen molar-refractivity contribution >= 4 is 22.9 Å². The van der Waals surface area contributed by atoms with Gasteiger partial charge in [-0.05, 0) is 36.8 Å². The number of thiophene rings is 1. The summed E-state index contributed by atoms with van der Waals surface area (Å²) in [6.07, 6.45) is 3.15. The highest BCUT2D eigenvalue weighted by Crippen LogP contribution is 2.39. The Balaban J connectivity index is 1.89. The fourth-order valence-electron chi connectivity index (χ4n) is 1.79. The van der Waals surface area contributed by atoms with E-state index in [-0.39, 0.29) is 6.10 Å². The van der Waals surface area contributed by atoms with Gasteiger partial charge < -0.3 is 5.11 Å². The molecule has 0 spiro atoms. The predicted molar refractivity (Wildman–Crippen MR) is 60.9 cm³/mol. The lowest BCUT2D eigenvalue weighted by molar-refractivity contribution is 0.106. The Morgan fingerprint density at radius 2 is 2.29 bits per heavy atom. The van der Waals surface area contributed by atoms with Crippen molar-refractivity contribution in [3.05, 3.63) is 21.3 Å². The van der Waals surface area contributed by atoms with Crippen LogP contribution in [0.1, 0.15) is 24.6 Å². The van der Waals surface area contributed by atoms with E-state index in [0.717, 1.165) is 16.7 Å². The molecule has 0 saturated heterocycles. The third-order valence-corrected chi connectivity index (χ3v) is 4.27. The summed E-state index contributed by atoms with van der Waals surface area (Å²) in [5.74, 6) is 1.20. The first-order valence-corrected chi connectivity index (χ1v) is 6.28. The predicted octanol–water partition coefficient (Wildman–Crippen LogP) is 3.35. The first-order chi connectivity index (χ1) is 6.66. The third kappa shape index (κ3) is 2.50. The summed E-state index contributed by atoms with van der Waals surface area (Å²) in [4.78, 5) is 1.19. The van der Waals surface area contributed by atoms with Crippen molar-refractivity contribution in [2.24, 2.45) is 11.8 Å². The summed E-state index contributed by atoms with van der Waals surface area (Å²) in [5.41, 5.74) is 0. The number of aliphatic hydroxyl groups excluding tert-OH is 1. The highest BCUT2D eigenvalue weighted by atomic mass is 35.5. The van der Waals surface area contributed by atoms with Crippen molar-refractivity contribution in [2.75, 3.05) is 0 Å². The molecule has 1 fully saturated rings. The summed E-state index contributed by atoms with van der Waals surface area (Å²) in [6, 6.07) is 3.91. The lowest BCUT2D eigenvalue weighted by Gasteiger charge is -2.17. The van der Waals surface area contributed by atoms with Gasteiger partial charge in [0.2, 0.25) is 0 Å². The van der Waals surface area contributed by atoms with Gasteiger partial charge in [0.05, 0.1) is 10.4 Å². The number of aliphatic hydroxyl groups is 1. The summed E-state index contributed by atoms with van der Waals surface area (Å²) < 4.78 is 0.811. The van der Waals surface area contributed by atoms with Gasteiger partial charge >= 0.3 is 0 Å². The van der Waals surface area contributed by atoms with E-state index in [1.807, 2.05) is 12.1 Å². The normalized spacial score (nSPS) is 20.8. The minimum Gasteiger partial charge on any atom is -0.392 e. The maximum Gasteiger partial charge on any atom is 0.0931 e. The van der Waals surface area contributed by atoms with Crippen LogP contribution in [-0.4, -0.2) is 11.2 Å². The zero-order valence-corrected chi connectivity index (χ0v) is 9.81. The Morgan fingerprint density at radius 3 is 2.79 bits per heavy atom. The Kier molecular flexibility index (Phi) is 3.15. The van der Waals surface area contributed by atoms with Gasteiger partial charge in [-0.15, -0.1) is 11.3 Å². The van der Waals surface area contributed by atoms with E-state index in [1.54, 1.807) is 11.3 Å². The molecule has 1 aromatic heterocycles. The molecule has 1 aromatic rings. The second-order valence-corrected chi connectivity index (χ2v) is 5.97. The van der Waals surface area contributed by atoms with Crippen LogP contribution in [0.3, 0.4) is 0 Å². The highest BCUT2D eigenvalue weighted by Gasteiger charge is 2.32. The average molecular weight is 231 g/mol. The molecule has 78 valence electrons. The molecule has 0 aromatic carbocycles. The molecule has 1 aliphatic carbocycles. The first kappa shape index (κ1) is 10.5. The Labute approximate surface area is 93.7 Å². The molecule has 2 unspecified atom stereocenters. The molecule has 1 heterocycles. The van der Waals surface area contributed by atoms with E-state index in [4.69, 9.17) is 11.6 Å². The topological polar surface area (TPSA) is 20.2 Å². The van der Waals surface area contributed by atoms with E-state index >= 15 is 0 Å². The Hall–Kier alpha value is -0.0500. The average Bonchev–Trinajstić information content (AvgIpc) is 2.91. The number of hydrogen-bond acceptors (Lipinski definition) is 2. The van der Waals surface area contributed by atoms with Gasteiger partial charge in [0.15, 0.2) is 0 Å². The monoisotopic (exact) mass is 230 g/mol. The van der Waals surface area contributed by atoms with Crippen LogP contribution in [0.4, 0.5) is 0 Å². The van der Waals surface area contributed by atoms with Crippen molar-refractivity contribution in [3.63, 3.8) is 0 Å². The largest absolute Gasteiger partial charge is 0.392 e. The van der Waals surface area contributed by atoms with E-state index < -0.39 is 0 Å². The first-order valence-electron chi connectivity index (χ1n) is 5.09. The van der Waals surface area contributed by atoms with Crippen LogP contribution in [0.2, 0.25) is 4.34 Å². The molecule has 0 aliphatic heterocycles. The van der Waals surface area contributed by atoms with Crippen molar-refractivity contribution in [1.82, 2.24) is 0 Å². The molecule has 0 bridgehead atoms. The second-order valence-electron chi connectivity index (χ2n) is 4.17. The number of halogens is 1. The lowest BCUT2D eigenvalue weighted by atomic mass is 9.96. The quantitative estimate of drug-likeness (QED) is 0.841. The highest BCUT2D eigenvalue weighted by molar-refractivity contribution is 7.16. The molecule has 3 heteroatoms. The molecule has 1 N–H and O–H groups in total. The lowest BCUT2D eigenvalue weighted by Crippen LogP contribution is -2.21. The molecule has 2 atom stereocenters. The fraction of sp³-hybridized carbons (Fsp3) is 0.636. The summed E-state index contributed by atoms with van der Waals surface area (Å²) in [6.45, 7) is 2.15. The maximum atomic E-state index is 9.95. The van der Waals surface area contributed by atoms with Crippen LogP contribution in [0.15, 0.2) is 12.1 Å². The van der Waals surface area contributed by atoms with Crippen molar-refractivity contribution < 1.29 is 5.11 Å². The van der Waals surface area contributed by atoms with Gasteiger partial charge in [0.1, 0.15) is 0 Å². The van der Waals surface area contributed by atoms with Gasteiger partial charge in [-0.25, -0.2) is 0 Å². The van der Waals surface area contributed by atoms with Crippen molar-refractivity contribution in [2.45, 2.75) is 32.3 Å². The molecule has 0 radical (unpaired) electrons. The minimum absolute atomic E-state index is 0.197. The van der Waals surface area contributed by atoms with Crippen LogP contribution in [0.25, 0.3) is 0 Å². The smallest absolute Gasteiger partial charge is 0.0931 e. The molecular formula is C11H15ClOS. The fourth-order valence-corrected chi connectivity index (χ4v) is 2.93. The maximum absolute atomic E-state index is 9.95. The zero-order chi connectivity index (χ0) is 10.1. The summed E-state index contributed by atoms with van der Waals surface area (Å²) >= 11 is 7.41. The molecule has 1 nitrogen and oxygen atoms in total. The van der Waals surface area contributed by atoms with Crippen LogP contribution in [0, 0.1) is 11.8 Å². The number of hydrogen-bond donors (Lipinski definition) is 1. The van der Waals surface area contributed by atoms with Crippen molar-refractivity contribution in [1.29, 1.82) is 0 Å². The zero-order valence-electron chi connectivity index (χ0n) is 8.24. The summed E-state index contributed by atoms with van der Waals surface area (Å²) in [7, 11) is 0. The standard InChI is InChI=1S/C11H15ClOS/c1-7(8-2-3-8)10(13)6-9-4-5-11(12)14-9/h4-5,7-8,10,13H,2-3,6H2,1H3. The molecule has 0 amide bonds. The SMILES string of the molecule is CC(C(O)Cc1ccc(Cl)s1)C1CC1. The van der Waals surface area contributed by atoms with Gasteiger partial charge in [-0.3, -0.25) is 0 Å². The van der Waals surface area contributed by atoms with Gasteiger partial charge in [0.25, 0.3) is 0 Å². The van der Waals surface area contributed by atoms with Gasteiger partial charge in [0, 0.05) is 11.3 Å². The molecule has 1 aliphatic rings. The van der Waals surface area contributed by atoms with Crippen LogP contribution >= 0.6 is 22.9 Å². The second kappa shape index (κ2) is 4.21. The number of rotatable bonds is 4. The Morgan fingerprint density at radius 1 is 1.57 bits per heavy atom. The van der Waals surface area contributed by atoms with Gasteiger partial charge in [-0.1, -0.05) is 18.5 Å². The van der Waals surface area contributed by atoms with E-state index in [2.05, 4.69) is 6.92 Å². The molecular weight excluding hydrogens is 216 g/mol. The van der Waals surface area contributed by atoms with Crippen LogP contribution in [0.5, 0.6) is 0 Å². The molecule has 2 rings (SSSR count). The van der Waals surface area contributed by atoms with E-state index in [9.17, 15) is 5.11 Å². The third-order valence-electron chi connectivity index (χ3n) is 3.01. The van der Waals surface area contributed by atoms with Gasteiger partial charge in [-0.2, -0.15) is 0 Å². The molecule has 1 saturated carbocycles. The summed E-state index contributed by atoms with van der Waals surface area (Å²) in [5, 5.41) is 9.95. The van der Waals surface area contributed by atoms with E-state index in [0.29, 0.717) is 5.92 Å². The van der Waals surface area contributed by atoms with Crippen molar-refractivity contribution in [3.8, 4) is 0 Å². The van der Waals surface area contributed by atoms with Crippen LogP contribution in [-0.2, 0) is 6.42 Å². The van der Waals surface area contributed by atoms with Crippen LogP contribution < -0.4 is 0 Å². The Bertz CT molecular complexity index is 306. The van der Waals surface area contributed by atoms with E-state index in [1.165, 1.54) is 17.7 Å². The molecule has 14 heavy (non-hydrogen) atoms. The minimum atomic E-state index is -0.197.